The van der Waals surface area contributed by atoms with Crippen molar-refractivity contribution in [3.63, 3.8) is 0 Å². The number of fused-ring (bicyclic) bond motifs is 9. The molecule has 284 valence electrons. The quantitative estimate of drug-likeness (QED) is 0.152. The van der Waals surface area contributed by atoms with Crippen LogP contribution in [0.25, 0.3) is 50.1 Å². The van der Waals surface area contributed by atoms with Crippen molar-refractivity contribution in [2.45, 2.75) is 32.6 Å². The van der Waals surface area contributed by atoms with E-state index in [1.807, 2.05) is 0 Å². The summed E-state index contributed by atoms with van der Waals surface area (Å²) in [5.74, 6) is 6.99. The average Bonchev–Trinajstić information content (AvgIpc) is 3.67. The maximum Gasteiger partial charge on any atom is 0.0704 e. The number of hydrogen-bond donors (Lipinski definition) is 0. The summed E-state index contributed by atoms with van der Waals surface area (Å²) in [5, 5.41) is 0. The summed E-state index contributed by atoms with van der Waals surface area (Å²) in [6, 6.07) is 69.3. The molecule has 60 heavy (non-hydrogen) atoms. The first kappa shape index (κ1) is 35.7. The summed E-state index contributed by atoms with van der Waals surface area (Å²) in [5.41, 5.74) is 24.8. The summed E-state index contributed by atoms with van der Waals surface area (Å²) < 4.78 is 0. The summed E-state index contributed by atoms with van der Waals surface area (Å²) in [4.78, 5) is 2.40. The van der Waals surface area contributed by atoms with E-state index in [-0.39, 0.29) is 0 Å². The SMILES string of the molecule is CC1=CC#CCC2=C1c1c(C)cc(C)cc1C21c2ccccc2-c2cccc(-c3cccc(N(c4ccc(-c5ccccc5)cc4)c4ccc(-c5ccccc5)cc4)c3)c21. The molecule has 1 unspecified atom stereocenters. The van der Waals surface area contributed by atoms with Crippen LogP contribution in [-0.2, 0) is 5.41 Å². The highest BCUT2D eigenvalue weighted by Crippen LogP contribution is 2.65. The Morgan fingerprint density at radius 3 is 1.72 bits per heavy atom. The van der Waals surface area contributed by atoms with E-state index in [1.165, 1.54) is 94.6 Å². The number of aryl methyl sites for hydroxylation is 2. The topological polar surface area (TPSA) is 3.24 Å². The molecule has 0 radical (unpaired) electrons. The zero-order valence-electron chi connectivity index (χ0n) is 34.1. The van der Waals surface area contributed by atoms with Gasteiger partial charge in [-0.3, -0.25) is 0 Å². The molecular formula is C59H43N. The van der Waals surface area contributed by atoms with Gasteiger partial charge in [0.05, 0.1) is 5.41 Å². The zero-order chi connectivity index (χ0) is 40.4. The van der Waals surface area contributed by atoms with Gasteiger partial charge < -0.3 is 4.90 Å². The summed E-state index contributed by atoms with van der Waals surface area (Å²) >= 11 is 0. The smallest absolute Gasteiger partial charge is 0.0704 e. The van der Waals surface area contributed by atoms with Crippen LogP contribution in [0, 0.1) is 25.7 Å². The van der Waals surface area contributed by atoms with E-state index >= 15 is 0 Å². The van der Waals surface area contributed by atoms with Gasteiger partial charge in [-0.1, -0.05) is 169 Å². The highest BCUT2D eigenvalue weighted by molar-refractivity contribution is 6.02. The Bertz CT molecular complexity index is 3030. The Morgan fingerprint density at radius 2 is 1.03 bits per heavy atom. The van der Waals surface area contributed by atoms with Gasteiger partial charge in [0.1, 0.15) is 0 Å². The van der Waals surface area contributed by atoms with Crippen LogP contribution in [0.3, 0.4) is 0 Å². The number of rotatable bonds is 6. The second kappa shape index (κ2) is 14.2. The van der Waals surface area contributed by atoms with Gasteiger partial charge in [0.25, 0.3) is 0 Å². The van der Waals surface area contributed by atoms with Gasteiger partial charge in [-0.25, -0.2) is 0 Å². The standard InChI is InChI=1S/C59H43N/c1-39-36-41(3)57-55(37-39)59(54-27-12-10-16-40(2)56(54)57)53-26-13-11-23-51(53)52-25-15-24-50(58(52)59)46-21-14-22-49(38-46)60(47-32-28-44(29-33-47)42-17-6-4-7-18-42)48-34-30-45(31-35-48)43-19-8-5-9-20-43/h4-9,11,13-26,28-38H,27H2,1-3H3. The Labute approximate surface area is 353 Å². The third-order valence-electron chi connectivity index (χ3n) is 12.9. The van der Waals surface area contributed by atoms with Gasteiger partial charge in [-0.2, -0.15) is 0 Å². The fraction of sp³-hybridized carbons (Fsp3) is 0.0847. The van der Waals surface area contributed by atoms with E-state index in [1.54, 1.807) is 0 Å². The predicted octanol–water partition coefficient (Wildman–Crippen LogP) is 15.2. The summed E-state index contributed by atoms with van der Waals surface area (Å²) in [6.45, 7) is 6.79. The van der Waals surface area contributed by atoms with Gasteiger partial charge in [-0.05, 0) is 152 Å². The molecule has 0 bridgehead atoms. The Hall–Kier alpha value is -7.40. The van der Waals surface area contributed by atoms with Gasteiger partial charge in [0.2, 0.25) is 0 Å². The summed E-state index contributed by atoms with van der Waals surface area (Å²) in [6.07, 6.45) is 2.85. The molecule has 1 nitrogen and oxygen atoms in total. The molecule has 3 aliphatic carbocycles. The molecule has 0 aromatic heterocycles. The number of benzene rings is 8. The Kier molecular flexibility index (Phi) is 8.43. The molecule has 1 spiro atoms. The lowest BCUT2D eigenvalue weighted by Gasteiger charge is -2.34. The number of allylic oxidation sites excluding steroid dienone is 4. The molecule has 0 fully saturated rings. The minimum absolute atomic E-state index is 0.478. The lowest BCUT2D eigenvalue weighted by molar-refractivity contribution is 0.750. The van der Waals surface area contributed by atoms with Crippen molar-refractivity contribution in [2.75, 3.05) is 4.90 Å². The minimum Gasteiger partial charge on any atom is -0.310 e. The van der Waals surface area contributed by atoms with Crippen LogP contribution in [0.1, 0.15) is 46.7 Å². The maximum absolute atomic E-state index is 3.59. The van der Waals surface area contributed by atoms with Crippen LogP contribution in [0.4, 0.5) is 17.1 Å². The third-order valence-corrected chi connectivity index (χ3v) is 12.9. The molecule has 0 saturated carbocycles. The Morgan fingerprint density at radius 1 is 0.467 bits per heavy atom. The van der Waals surface area contributed by atoms with Crippen LogP contribution in [0.15, 0.2) is 205 Å². The van der Waals surface area contributed by atoms with Crippen molar-refractivity contribution in [3.05, 3.63) is 239 Å². The van der Waals surface area contributed by atoms with Crippen LogP contribution in [0.2, 0.25) is 0 Å². The molecule has 8 aromatic rings. The Balaban J connectivity index is 1.12. The second-order valence-electron chi connectivity index (χ2n) is 16.4. The van der Waals surface area contributed by atoms with Crippen molar-refractivity contribution in [2.24, 2.45) is 0 Å². The molecule has 0 aliphatic heterocycles. The lowest BCUT2D eigenvalue weighted by atomic mass is 9.66. The lowest BCUT2D eigenvalue weighted by Crippen LogP contribution is -2.28. The minimum atomic E-state index is -0.478. The molecule has 0 amide bonds. The molecule has 0 heterocycles. The predicted molar refractivity (Wildman–Crippen MR) is 252 cm³/mol. The van der Waals surface area contributed by atoms with Gasteiger partial charge >= 0.3 is 0 Å². The van der Waals surface area contributed by atoms with E-state index in [4.69, 9.17) is 0 Å². The normalized spacial score (nSPS) is 15.6. The fourth-order valence-electron chi connectivity index (χ4n) is 10.4. The van der Waals surface area contributed by atoms with Crippen LogP contribution in [0.5, 0.6) is 0 Å². The van der Waals surface area contributed by atoms with Crippen molar-refractivity contribution in [3.8, 4) is 56.3 Å². The van der Waals surface area contributed by atoms with Crippen LogP contribution >= 0.6 is 0 Å². The van der Waals surface area contributed by atoms with E-state index in [0.29, 0.717) is 6.42 Å². The molecule has 0 N–H and O–H groups in total. The maximum atomic E-state index is 3.59. The van der Waals surface area contributed by atoms with Gasteiger partial charge in [0, 0.05) is 23.5 Å². The largest absolute Gasteiger partial charge is 0.310 e. The van der Waals surface area contributed by atoms with Gasteiger partial charge in [0.15, 0.2) is 0 Å². The first-order chi connectivity index (χ1) is 29.5. The molecule has 1 atom stereocenters. The number of anilines is 3. The molecule has 0 saturated heterocycles. The second-order valence-corrected chi connectivity index (χ2v) is 16.4. The first-order valence-electron chi connectivity index (χ1n) is 21.0. The van der Waals surface area contributed by atoms with E-state index in [2.05, 4.69) is 232 Å². The average molecular weight is 766 g/mol. The highest BCUT2D eigenvalue weighted by Gasteiger charge is 2.54. The van der Waals surface area contributed by atoms with E-state index in [0.717, 1.165) is 17.1 Å². The van der Waals surface area contributed by atoms with Crippen molar-refractivity contribution < 1.29 is 0 Å². The van der Waals surface area contributed by atoms with Crippen LogP contribution < -0.4 is 4.90 Å². The molecular weight excluding hydrogens is 723 g/mol. The first-order valence-corrected chi connectivity index (χ1v) is 21.0. The van der Waals surface area contributed by atoms with E-state index < -0.39 is 5.41 Å². The van der Waals surface area contributed by atoms with E-state index in [9.17, 15) is 0 Å². The fourth-order valence-corrected chi connectivity index (χ4v) is 10.4. The number of hydrogen-bond acceptors (Lipinski definition) is 1. The van der Waals surface area contributed by atoms with Crippen LogP contribution in [-0.4, -0.2) is 0 Å². The van der Waals surface area contributed by atoms with Crippen molar-refractivity contribution in [1.82, 2.24) is 0 Å². The highest BCUT2D eigenvalue weighted by atomic mass is 15.1. The van der Waals surface area contributed by atoms with Crippen molar-refractivity contribution >= 4 is 22.6 Å². The summed E-state index contributed by atoms with van der Waals surface area (Å²) in [7, 11) is 0. The zero-order valence-corrected chi connectivity index (χ0v) is 34.1. The third kappa shape index (κ3) is 5.49. The number of nitrogens with zero attached hydrogens (tertiary/aromatic N) is 1. The molecule has 8 aromatic carbocycles. The van der Waals surface area contributed by atoms with Gasteiger partial charge in [-0.15, -0.1) is 0 Å². The van der Waals surface area contributed by atoms with Crippen molar-refractivity contribution in [1.29, 1.82) is 0 Å². The molecule has 11 rings (SSSR count). The monoisotopic (exact) mass is 765 g/mol. The molecule has 3 aliphatic rings. The molecule has 1 heteroatoms.